The number of alkyl halides is 3. The molecule has 0 unspecified atom stereocenters. The molecule has 2 fully saturated rings. The summed E-state index contributed by atoms with van der Waals surface area (Å²) in [4.78, 5) is 48.3. The van der Waals surface area contributed by atoms with Crippen LogP contribution in [-0.4, -0.2) is 56.3 Å². The number of aliphatic hydroxyl groups excluding tert-OH is 1. The van der Waals surface area contributed by atoms with E-state index in [1.165, 1.54) is 33.9 Å². The van der Waals surface area contributed by atoms with Gasteiger partial charge in [-0.15, -0.1) is 0 Å². The van der Waals surface area contributed by atoms with Crippen LogP contribution in [0.3, 0.4) is 0 Å². The zero-order valence-electron chi connectivity index (χ0n) is 18.5. The Hall–Kier alpha value is -3.51. The van der Waals surface area contributed by atoms with Crippen molar-refractivity contribution in [1.29, 1.82) is 0 Å². The van der Waals surface area contributed by atoms with Gasteiger partial charge in [-0.1, -0.05) is 11.6 Å². The summed E-state index contributed by atoms with van der Waals surface area (Å²) in [7, 11) is 0. The van der Waals surface area contributed by atoms with Crippen molar-refractivity contribution in [1.82, 2.24) is 19.9 Å². The van der Waals surface area contributed by atoms with E-state index in [4.69, 9.17) is 11.6 Å². The van der Waals surface area contributed by atoms with E-state index < -0.39 is 41.1 Å². The zero-order valence-corrected chi connectivity index (χ0v) is 19.3. The minimum atomic E-state index is -4.67. The molecular weight excluding hydrogens is 503 g/mol. The molecule has 1 saturated carbocycles. The maximum atomic E-state index is 13.5. The topological polar surface area (TPSA) is 117 Å². The minimum Gasteiger partial charge on any atom is -0.391 e. The Morgan fingerprint density at radius 1 is 1.22 bits per heavy atom. The number of amides is 2. The molecule has 5 rings (SSSR count). The standard InChI is InChI=1S/C23H19ClF3N5O4/c24-15-2-1-7-28-21(15)32-10-14(22(36)30-19(11-3-4-11)23(25,26)27)18(35)13-5-6-16(29-20(13)32)31-9-12(33)8-17(31)34/h1-2,5-7,10-12,19,33H,3-4,8-9H2,(H,30,36)/t12-,19+/m0/s1. The third-order valence-electron chi connectivity index (χ3n) is 6.16. The first kappa shape index (κ1) is 24.2. The molecule has 3 aromatic rings. The van der Waals surface area contributed by atoms with Gasteiger partial charge in [0.25, 0.3) is 5.91 Å². The van der Waals surface area contributed by atoms with Crippen molar-refractivity contribution >= 4 is 40.3 Å². The fraction of sp³-hybridized carbons (Fsp3) is 0.348. The second-order valence-corrected chi connectivity index (χ2v) is 9.19. The molecule has 9 nitrogen and oxygen atoms in total. The van der Waals surface area contributed by atoms with Gasteiger partial charge in [-0.2, -0.15) is 13.2 Å². The van der Waals surface area contributed by atoms with Crippen LogP contribution in [0.25, 0.3) is 16.9 Å². The number of rotatable bonds is 5. The van der Waals surface area contributed by atoms with Crippen LogP contribution in [0.1, 0.15) is 29.6 Å². The van der Waals surface area contributed by atoms with Crippen LogP contribution in [0.2, 0.25) is 5.02 Å². The number of nitrogens with zero attached hydrogens (tertiary/aromatic N) is 4. The first-order valence-electron chi connectivity index (χ1n) is 11.1. The second kappa shape index (κ2) is 8.86. The number of aromatic nitrogens is 3. The summed E-state index contributed by atoms with van der Waals surface area (Å²) in [6.07, 6.45) is -2.52. The van der Waals surface area contributed by atoms with Gasteiger partial charge in [-0.25, -0.2) is 9.97 Å². The van der Waals surface area contributed by atoms with Crippen LogP contribution in [0, 0.1) is 5.92 Å². The number of anilines is 1. The minimum absolute atomic E-state index is 0.00635. The second-order valence-electron chi connectivity index (χ2n) is 8.78. The van der Waals surface area contributed by atoms with Gasteiger partial charge in [0, 0.05) is 12.4 Å². The Morgan fingerprint density at radius 2 is 1.97 bits per heavy atom. The number of nitrogens with one attached hydrogen (secondary N) is 1. The average molecular weight is 522 g/mol. The van der Waals surface area contributed by atoms with Crippen molar-refractivity contribution in [2.24, 2.45) is 5.92 Å². The summed E-state index contributed by atoms with van der Waals surface area (Å²) in [6.45, 7) is 0.00635. The summed E-state index contributed by atoms with van der Waals surface area (Å²) >= 11 is 6.30. The molecule has 1 aliphatic carbocycles. The van der Waals surface area contributed by atoms with E-state index in [2.05, 4.69) is 9.97 Å². The first-order chi connectivity index (χ1) is 17.0. The van der Waals surface area contributed by atoms with Crippen molar-refractivity contribution in [2.75, 3.05) is 11.4 Å². The summed E-state index contributed by atoms with van der Waals surface area (Å²) in [5.74, 6) is -2.07. The number of carbonyl (C=O) groups is 2. The lowest BCUT2D eigenvalue weighted by Crippen LogP contribution is -2.48. The largest absolute Gasteiger partial charge is 0.408 e. The van der Waals surface area contributed by atoms with Gasteiger partial charge in [0.2, 0.25) is 11.3 Å². The fourth-order valence-electron chi connectivity index (χ4n) is 4.25. The van der Waals surface area contributed by atoms with Gasteiger partial charge in [0.1, 0.15) is 17.4 Å². The molecule has 1 aliphatic heterocycles. The van der Waals surface area contributed by atoms with Crippen molar-refractivity contribution in [3.8, 4) is 5.82 Å². The molecule has 0 radical (unpaired) electrons. The molecule has 2 N–H and O–H groups in total. The monoisotopic (exact) mass is 521 g/mol. The Balaban J connectivity index is 1.66. The van der Waals surface area contributed by atoms with E-state index in [1.54, 1.807) is 6.07 Å². The number of hydrogen-bond donors (Lipinski definition) is 2. The lowest BCUT2D eigenvalue weighted by molar-refractivity contribution is -0.158. The van der Waals surface area contributed by atoms with Crippen molar-refractivity contribution < 1.29 is 27.9 Å². The maximum absolute atomic E-state index is 13.5. The molecule has 1 saturated heterocycles. The number of fused-ring (bicyclic) bond motifs is 1. The van der Waals surface area contributed by atoms with E-state index >= 15 is 0 Å². The highest BCUT2D eigenvalue weighted by Crippen LogP contribution is 2.40. The average Bonchev–Trinajstić information content (AvgIpc) is 3.60. The summed E-state index contributed by atoms with van der Waals surface area (Å²) in [5.41, 5.74) is -1.39. The van der Waals surface area contributed by atoms with Gasteiger partial charge in [-0.3, -0.25) is 23.9 Å². The molecule has 4 heterocycles. The van der Waals surface area contributed by atoms with Gasteiger partial charge in [0.15, 0.2) is 11.5 Å². The molecule has 0 aromatic carbocycles. The Kier molecular flexibility index (Phi) is 5.95. The molecule has 13 heteroatoms. The van der Waals surface area contributed by atoms with Crippen LogP contribution in [0.4, 0.5) is 19.0 Å². The summed E-state index contributed by atoms with van der Waals surface area (Å²) < 4.78 is 41.7. The summed E-state index contributed by atoms with van der Waals surface area (Å²) in [6, 6.07) is 3.68. The number of β-amino-alcohol motifs (C(OH)–C–C–N with tert-alkyl or cyclic N) is 1. The van der Waals surface area contributed by atoms with Crippen LogP contribution in [0.15, 0.2) is 41.5 Å². The highest BCUT2D eigenvalue weighted by Gasteiger charge is 2.50. The number of pyridine rings is 3. The fourth-order valence-corrected chi connectivity index (χ4v) is 4.46. The quantitative estimate of drug-likeness (QED) is 0.533. The van der Waals surface area contributed by atoms with E-state index in [-0.39, 0.29) is 46.6 Å². The van der Waals surface area contributed by atoms with Crippen LogP contribution in [0.5, 0.6) is 0 Å². The molecule has 2 aliphatic rings. The van der Waals surface area contributed by atoms with Crippen molar-refractivity contribution in [3.05, 3.63) is 57.5 Å². The molecule has 2 atom stereocenters. The van der Waals surface area contributed by atoms with Gasteiger partial charge < -0.3 is 10.4 Å². The predicted molar refractivity (Wildman–Crippen MR) is 123 cm³/mol. The first-order valence-corrected chi connectivity index (χ1v) is 11.5. The molecule has 0 bridgehead atoms. The lowest BCUT2D eigenvalue weighted by atomic mass is 10.1. The lowest BCUT2D eigenvalue weighted by Gasteiger charge is -2.22. The third kappa shape index (κ3) is 4.42. The van der Waals surface area contributed by atoms with Gasteiger partial charge in [0.05, 0.1) is 29.5 Å². The molecule has 2 amide bonds. The SMILES string of the molecule is O=C(N[C@H](C1CC1)C(F)(F)F)c1cn(-c2ncccc2Cl)c2nc(N3C[C@@H](O)CC3=O)ccc2c1=O. The van der Waals surface area contributed by atoms with E-state index in [0.717, 1.165) is 6.20 Å². The van der Waals surface area contributed by atoms with Crippen molar-refractivity contribution in [3.63, 3.8) is 0 Å². The summed E-state index contributed by atoms with van der Waals surface area (Å²) in [5, 5.41) is 11.8. The number of halogens is 4. The predicted octanol–water partition coefficient (Wildman–Crippen LogP) is 2.60. The highest BCUT2D eigenvalue weighted by molar-refractivity contribution is 6.32. The number of aliphatic hydroxyl groups is 1. The Morgan fingerprint density at radius 3 is 2.58 bits per heavy atom. The van der Waals surface area contributed by atoms with Crippen molar-refractivity contribution in [2.45, 2.75) is 37.6 Å². The van der Waals surface area contributed by atoms with Gasteiger partial charge in [-0.05, 0) is 43.0 Å². The molecule has 0 spiro atoms. The molecule has 36 heavy (non-hydrogen) atoms. The van der Waals surface area contributed by atoms with Crippen LogP contribution < -0.4 is 15.6 Å². The molecule has 188 valence electrons. The van der Waals surface area contributed by atoms with E-state index in [1.807, 2.05) is 5.32 Å². The van der Waals surface area contributed by atoms with Gasteiger partial charge >= 0.3 is 6.18 Å². The number of carbonyl (C=O) groups excluding carboxylic acids is 2. The molecule has 3 aromatic heterocycles. The third-order valence-corrected chi connectivity index (χ3v) is 6.46. The maximum Gasteiger partial charge on any atom is 0.408 e. The Labute approximate surface area is 206 Å². The number of hydrogen-bond acceptors (Lipinski definition) is 6. The zero-order chi connectivity index (χ0) is 25.8. The molecular formula is C23H19ClF3N5O4. The Bertz CT molecular complexity index is 1440. The smallest absolute Gasteiger partial charge is 0.391 e. The van der Waals surface area contributed by atoms with E-state index in [0.29, 0.717) is 12.8 Å². The normalized spacial score (nSPS) is 19.1. The van der Waals surface area contributed by atoms with E-state index in [9.17, 15) is 32.7 Å². The highest BCUT2D eigenvalue weighted by atomic mass is 35.5. The van der Waals surface area contributed by atoms with Crippen LogP contribution >= 0.6 is 11.6 Å². The van der Waals surface area contributed by atoms with Crippen LogP contribution in [-0.2, 0) is 4.79 Å².